The standard InChI is InChI=1S/C21H19N3O.C20H23N3O7/c1-24-19-9-10-22-13-18(19)17-7-5-14(11-20(17)24)15-6-8-21(23-12-15)25-16-3-2-4-16;24-5-6-29-7-8-30-13-10-22(11-13)12-1-2-14-15(9-12)20(28)23(19(14)27)16-3-4-17(25)21-18(16)26/h5-13,16H,2-4H2,1H3;1-2,9,13,16,24H,3-8,10-11H2,(H,21,25,26). The quantitative estimate of drug-likeness (QED) is 0.148. The zero-order valence-electron chi connectivity index (χ0n) is 30.5. The van der Waals surface area contributed by atoms with Gasteiger partial charge in [-0.15, -0.1) is 0 Å². The van der Waals surface area contributed by atoms with Crippen LogP contribution in [0, 0.1) is 0 Å². The summed E-state index contributed by atoms with van der Waals surface area (Å²) in [5, 5.41) is 13.3. The molecule has 1 unspecified atom stereocenters. The number of nitrogens with one attached hydrogen (secondary N) is 1. The van der Waals surface area contributed by atoms with E-state index in [1.165, 1.54) is 28.2 Å². The Hall–Kier alpha value is -5.70. The van der Waals surface area contributed by atoms with Gasteiger partial charge in [0, 0.05) is 78.8 Å². The van der Waals surface area contributed by atoms with Gasteiger partial charge < -0.3 is 28.8 Å². The number of benzene rings is 2. The number of pyridine rings is 2. The Balaban J connectivity index is 0.000000158. The summed E-state index contributed by atoms with van der Waals surface area (Å²) in [6.45, 7) is 2.43. The highest BCUT2D eigenvalue weighted by Gasteiger charge is 2.45. The SMILES string of the molecule is Cn1c2ccncc2c2ccc(-c3ccc(OC4CCC4)nc3)cc21.O=C1CCC(N2C(=O)c3ccc(N4CC(OCCOCCO)C4)cc3C2=O)C(=O)N1. The second kappa shape index (κ2) is 15.6. The molecule has 1 aliphatic carbocycles. The Kier molecular flexibility index (Phi) is 10.3. The highest BCUT2D eigenvalue weighted by Crippen LogP contribution is 2.34. The smallest absolute Gasteiger partial charge is 0.262 e. The summed E-state index contributed by atoms with van der Waals surface area (Å²) in [5.41, 5.74) is 6.00. The summed E-state index contributed by atoms with van der Waals surface area (Å²) in [7, 11) is 2.10. The first-order valence-corrected chi connectivity index (χ1v) is 18.6. The largest absolute Gasteiger partial charge is 0.474 e. The van der Waals surface area contributed by atoms with Crippen molar-refractivity contribution in [1.29, 1.82) is 0 Å². The van der Waals surface area contributed by atoms with Crippen molar-refractivity contribution in [3.8, 4) is 17.0 Å². The average molecular weight is 747 g/mol. The minimum Gasteiger partial charge on any atom is -0.474 e. The van der Waals surface area contributed by atoms with Crippen LogP contribution in [0.5, 0.6) is 5.88 Å². The van der Waals surface area contributed by atoms with Crippen LogP contribution < -0.4 is 15.0 Å². The fourth-order valence-corrected chi connectivity index (χ4v) is 7.36. The molecule has 4 amide bonds. The number of anilines is 1. The third-order valence-electron chi connectivity index (χ3n) is 10.7. The molecule has 3 fully saturated rings. The van der Waals surface area contributed by atoms with E-state index in [4.69, 9.17) is 19.3 Å². The van der Waals surface area contributed by atoms with Crippen LogP contribution in [-0.4, -0.2) is 106 Å². The first-order valence-electron chi connectivity index (χ1n) is 18.6. The van der Waals surface area contributed by atoms with Crippen LogP contribution in [0.2, 0.25) is 0 Å². The van der Waals surface area contributed by atoms with Gasteiger partial charge in [-0.3, -0.25) is 34.4 Å². The fourth-order valence-electron chi connectivity index (χ4n) is 7.36. The van der Waals surface area contributed by atoms with Crippen molar-refractivity contribution in [3.05, 3.63) is 84.3 Å². The van der Waals surface area contributed by atoms with E-state index in [-0.39, 0.29) is 43.3 Å². The molecule has 1 saturated carbocycles. The molecule has 2 N–H and O–H groups in total. The van der Waals surface area contributed by atoms with Gasteiger partial charge in [-0.05, 0) is 67.6 Å². The minimum absolute atomic E-state index is 0.0161. The van der Waals surface area contributed by atoms with Gasteiger partial charge in [-0.2, -0.15) is 0 Å². The summed E-state index contributed by atoms with van der Waals surface area (Å²) in [6, 6.07) is 16.8. The van der Waals surface area contributed by atoms with Gasteiger partial charge in [0.2, 0.25) is 17.7 Å². The monoisotopic (exact) mass is 746 g/mol. The molecule has 4 aliphatic rings. The van der Waals surface area contributed by atoms with E-state index in [1.807, 2.05) is 29.6 Å². The molecule has 5 aromatic rings. The first-order chi connectivity index (χ1) is 26.8. The van der Waals surface area contributed by atoms with Crippen LogP contribution in [0.4, 0.5) is 5.69 Å². The van der Waals surface area contributed by atoms with Crippen molar-refractivity contribution in [1.82, 2.24) is 24.8 Å². The molecule has 2 saturated heterocycles. The van der Waals surface area contributed by atoms with Crippen LogP contribution in [0.15, 0.2) is 73.2 Å². The number of aryl methyl sites for hydroxylation is 1. The number of piperidine rings is 1. The number of imide groups is 2. The zero-order valence-corrected chi connectivity index (χ0v) is 30.5. The van der Waals surface area contributed by atoms with Gasteiger partial charge in [-0.25, -0.2) is 4.98 Å². The first kappa shape index (κ1) is 36.3. The van der Waals surface area contributed by atoms with Crippen molar-refractivity contribution < 1.29 is 38.5 Å². The van der Waals surface area contributed by atoms with E-state index in [0.29, 0.717) is 32.4 Å². The van der Waals surface area contributed by atoms with Crippen molar-refractivity contribution in [2.75, 3.05) is 44.4 Å². The van der Waals surface area contributed by atoms with Crippen molar-refractivity contribution >= 4 is 51.1 Å². The van der Waals surface area contributed by atoms with E-state index in [0.717, 1.165) is 40.4 Å². The normalized spacial score (nSPS) is 18.5. The molecular weight excluding hydrogens is 704 g/mol. The minimum atomic E-state index is -0.964. The van der Waals surface area contributed by atoms with Crippen LogP contribution in [-0.2, 0) is 26.1 Å². The molecule has 14 nitrogen and oxygen atoms in total. The van der Waals surface area contributed by atoms with Crippen molar-refractivity contribution in [2.24, 2.45) is 7.05 Å². The Labute approximate surface area is 317 Å². The van der Waals surface area contributed by atoms with E-state index in [9.17, 15) is 19.2 Å². The summed E-state index contributed by atoms with van der Waals surface area (Å²) in [5.74, 6) is -1.31. The van der Waals surface area contributed by atoms with Gasteiger partial charge in [-0.1, -0.05) is 12.1 Å². The lowest BCUT2D eigenvalue weighted by atomic mass is 9.96. The maximum absolute atomic E-state index is 12.9. The van der Waals surface area contributed by atoms with Crippen molar-refractivity contribution in [2.45, 2.75) is 50.4 Å². The lowest BCUT2D eigenvalue weighted by Gasteiger charge is -2.40. The lowest BCUT2D eigenvalue weighted by Crippen LogP contribution is -2.54. The molecule has 55 heavy (non-hydrogen) atoms. The molecule has 9 rings (SSSR count). The number of rotatable bonds is 11. The van der Waals surface area contributed by atoms with Crippen LogP contribution >= 0.6 is 0 Å². The molecule has 284 valence electrons. The molecule has 14 heteroatoms. The van der Waals surface area contributed by atoms with Gasteiger partial charge in [0.1, 0.15) is 12.1 Å². The van der Waals surface area contributed by atoms with E-state index in [2.05, 4.69) is 57.2 Å². The van der Waals surface area contributed by atoms with E-state index < -0.39 is 29.7 Å². The topological polar surface area (TPSA) is 165 Å². The van der Waals surface area contributed by atoms with Gasteiger partial charge in [0.25, 0.3) is 11.8 Å². The number of amides is 4. The number of aliphatic hydroxyl groups excluding tert-OH is 1. The molecule has 0 spiro atoms. The number of hydrogen-bond acceptors (Lipinski definition) is 11. The second-order valence-electron chi connectivity index (χ2n) is 14.2. The number of aromatic nitrogens is 3. The summed E-state index contributed by atoms with van der Waals surface area (Å²) < 4.78 is 18.9. The molecular formula is C41H42N6O8. The Morgan fingerprint density at radius 3 is 2.38 bits per heavy atom. The molecule has 2 aromatic carbocycles. The third-order valence-corrected chi connectivity index (χ3v) is 10.7. The molecule has 3 aliphatic heterocycles. The van der Waals surface area contributed by atoms with E-state index in [1.54, 1.807) is 18.2 Å². The second-order valence-corrected chi connectivity index (χ2v) is 14.2. The summed E-state index contributed by atoms with van der Waals surface area (Å²) in [4.78, 5) is 60.8. The van der Waals surface area contributed by atoms with Gasteiger partial charge in [0.05, 0.1) is 49.2 Å². The van der Waals surface area contributed by atoms with Crippen LogP contribution in [0.3, 0.4) is 0 Å². The molecule has 1 atom stereocenters. The number of ether oxygens (including phenoxy) is 3. The third kappa shape index (κ3) is 7.27. The van der Waals surface area contributed by atoms with Gasteiger partial charge in [0.15, 0.2) is 0 Å². The summed E-state index contributed by atoms with van der Waals surface area (Å²) >= 11 is 0. The molecule has 3 aromatic heterocycles. The average Bonchev–Trinajstić information content (AvgIpc) is 3.59. The predicted octanol–water partition coefficient (Wildman–Crippen LogP) is 4.02. The number of carbonyl (C=O) groups excluding carboxylic acids is 4. The maximum atomic E-state index is 12.9. The number of fused-ring (bicyclic) bond motifs is 4. The Morgan fingerprint density at radius 1 is 0.818 bits per heavy atom. The molecule has 0 bridgehead atoms. The van der Waals surface area contributed by atoms with Crippen molar-refractivity contribution in [3.63, 3.8) is 0 Å². The van der Waals surface area contributed by atoms with Crippen LogP contribution in [0.25, 0.3) is 32.9 Å². The maximum Gasteiger partial charge on any atom is 0.262 e. The van der Waals surface area contributed by atoms with E-state index >= 15 is 0 Å². The molecule has 6 heterocycles. The highest BCUT2D eigenvalue weighted by atomic mass is 16.5. The Morgan fingerprint density at radius 2 is 1.64 bits per heavy atom. The number of hydrogen-bond donors (Lipinski definition) is 2. The number of nitrogens with zero attached hydrogens (tertiary/aromatic N) is 5. The number of carbonyl (C=O) groups is 4. The number of aliphatic hydroxyl groups is 1. The Bertz CT molecular complexity index is 2260. The zero-order chi connectivity index (χ0) is 38.1. The van der Waals surface area contributed by atoms with Gasteiger partial charge >= 0.3 is 0 Å². The molecule has 0 radical (unpaired) electrons. The highest BCUT2D eigenvalue weighted by molar-refractivity contribution is 6.23. The van der Waals surface area contributed by atoms with Crippen LogP contribution in [0.1, 0.15) is 52.8 Å². The fraction of sp³-hybridized carbons (Fsp3) is 0.366. The predicted molar refractivity (Wildman–Crippen MR) is 203 cm³/mol. The summed E-state index contributed by atoms with van der Waals surface area (Å²) in [6.07, 6.45) is 9.88. The lowest BCUT2D eigenvalue weighted by molar-refractivity contribution is -0.136.